The zero-order valence-corrected chi connectivity index (χ0v) is 11.6. The lowest BCUT2D eigenvalue weighted by molar-refractivity contribution is 0.0697. The Morgan fingerprint density at radius 1 is 1.45 bits per heavy atom. The van der Waals surface area contributed by atoms with Crippen molar-refractivity contribution in [2.24, 2.45) is 0 Å². The molecule has 0 radical (unpaired) electrons. The molecule has 0 unspecified atom stereocenters. The minimum atomic E-state index is -0.948. The molecule has 2 aromatic rings. The number of hydrogen-bond donors (Lipinski definition) is 2. The summed E-state index contributed by atoms with van der Waals surface area (Å²) in [6, 6.07) is 5.00. The summed E-state index contributed by atoms with van der Waals surface area (Å²) in [5.74, 6) is 0.185. The number of carbonyl (C=O) groups is 1. The quantitative estimate of drug-likeness (QED) is 0.897. The molecule has 0 amide bonds. The van der Waals surface area contributed by atoms with E-state index in [0.717, 1.165) is 24.2 Å². The Bertz CT molecular complexity index is 684. The van der Waals surface area contributed by atoms with E-state index >= 15 is 0 Å². The van der Waals surface area contributed by atoms with Crippen LogP contribution in [0.25, 0.3) is 11.0 Å². The van der Waals surface area contributed by atoms with Gasteiger partial charge in [0.15, 0.2) is 0 Å². The molecule has 0 spiro atoms. The standard InChI is InChI=1S/C15H18N2O3/c1-9(2)13-16-11-7-10(14(19)20)3-4-12(11)17(13)15(8-18)5-6-15/h3-4,7,9,18H,5-6,8H2,1-2H3,(H,19,20). The van der Waals surface area contributed by atoms with Gasteiger partial charge in [0.1, 0.15) is 5.82 Å². The number of aliphatic hydroxyl groups is 1. The van der Waals surface area contributed by atoms with Crippen LogP contribution in [0.15, 0.2) is 18.2 Å². The Morgan fingerprint density at radius 2 is 2.15 bits per heavy atom. The Morgan fingerprint density at radius 3 is 2.65 bits per heavy atom. The van der Waals surface area contributed by atoms with Crippen molar-refractivity contribution in [3.63, 3.8) is 0 Å². The number of fused-ring (bicyclic) bond motifs is 1. The van der Waals surface area contributed by atoms with Crippen molar-refractivity contribution >= 4 is 17.0 Å². The minimum absolute atomic E-state index is 0.0961. The van der Waals surface area contributed by atoms with Gasteiger partial charge in [-0.2, -0.15) is 0 Å². The average molecular weight is 274 g/mol. The Kier molecular flexibility index (Phi) is 2.83. The first-order valence-electron chi connectivity index (χ1n) is 6.85. The van der Waals surface area contributed by atoms with Gasteiger partial charge in [-0.15, -0.1) is 0 Å². The Labute approximate surface area is 116 Å². The molecule has 5 heteroatoms. The van der Waals surface area contributed by atoms with Gasteiger partial charge < -0.3 is 14.8 Å². The molecule has 1 aliphatic carbocycles. The van der Waals surface area contributed by atoms with E-state index in [1.165, 1.54) is 0 Å². The normalized spacial score (nSPS) is 16.8. The van der Waals surface area contributed by atoms with Gasteiger partial charge in [-0.05, 0) is 31.0 Å². The summed E-state index contributed by atoms with van der Waals surface area (Å²) >= 11 is 0. The lowest BCUT2D eigenvalue weighted by Crippen LogP contribution is -2.24. The largest absolute Gasteiger partial charge is 0.478 e. The Balaban J connectivity index is 2.26. The first-order chi connectivity index (χ1) is 9.48. The van der Waals surface area contributed by atoms with Crippen molar-refractivity contribution in [1.29, 1.82) is 0 Å². The third-order valence-electron chi connectivity index (χ3n) is 4.04. The summed E-state index contributed by atoms with van der Waals surface area (Å²) in [5.41, 5.74) is 1.60. The second-order valence-corrected chi connectivity index (χ2v) is 5.85. The van der Waals surface area contributed by atoms with Gasteiger partial charge in [0, 0.05) is 5.92 Å². The van der Waals surface area contributed by atoms with Gasteiger partial charge >= 0.3 is 5.97 Å². The summed E-state index contributed by atoms with van der Waals surface area (Å²) < 4.78 is 2.11. The van der Waals surface area contributed by atoms with Crippen LogP contribution in [-0.4, -0.2) is 32.3 Å². The van der Waals surface area contributed by atoms with Crippen LogP contribution < -0.4 is 0 Å². The van der Waals surface area contributed by atoms with E-state index in [4.69, 9.17) is 5.11 Å². The molecule has 1 aromatic heterocycles. The number of aromatic carboxylic acids is 1. The highest BCUT2D eigenvalue weighted by molar-refractivity contribution is 5.92. The van der Waals surface area contributed by atoms with Crippen LogP contribution in [0.1, 0.15) is 48.8 Å². The predicted molar refractivity (Wildman–Crippen MR) is 75.1 cm³/mol. The molecule has 1 saturated carbocycles. The van der Waals surface area contributed by atoms with Crippen molar-refractivity contribution in [3.05, 3.63) is 29.6 Å². The van der Waals surface area contributed by atoms with E-state index in [2.05, 4.69) is 23.4 Å². The summed E-state index contributed by atoms with van der Waals surface area (Å²) in [6.45, 7) is 4.21. The smallest absolute Gasteiger partial charge is 0.335 e. The fourth-order valence-corrected chi connectivity index (χ4v) is 2.71. The topological polar surface area (TPSA) is 75.3 Å². The van der Waals surface area contributed by atoms with Gasteiger partial charge in [-0.3, -0.25) is 0 Å². The molecular weight excluding hydrogens is 256 g/mol. The fourth-order valence-electron chi connectivity index (χ4n) is 2.71. The highest BCUT2D eigenvalue weighted by Gasteiger charge is 2.46. The molecule has 3 rings (SSSR count). The van der Waals surface area contributed by atoms with E-state index in [-0.39, 0.29) is 23.6 Å². The van der Waals surface area contributed by atoms with Crippen molar-refractivity contribution in [1.82, 2.24) is 9.55 Å². The van der Waals surface area contributed by atoms with E-state index in [1.807, 2.05) is 0 Å². The molecule has 5 nitrogen and oxygen atoms in total. The number of hydrogen-bond acceptors (Lipinski definition) is 3. The average Bonchev–Trinajstić information content (AvgIpc) is 3.11. The third kappa shape index (κ3) is 1.81. The number of carboxylic acids is 1. The molecule has 1 aliphatic rings. The van der Waals surface area contributed by atoms with Gasteiger partial charge in [-0.25, -0.2) is 9.78 Å². The fraction of sp³-hybridized carbons (Fsp3) is 0.467. The number of carboxylic acid groups (broad SMARTS) is 1. The molecular formula is C15H18N2O3. The van der Waals surface area contributed by atoms with Crippen LogP contribution in [0.3, 0.4) is 0 Å². The summed E-state index contributed by atoms with van der Waals surface area (Å²) in [6.07, 6.45) is 1.88. The number of aliphatic hydroxyl groups excluding tert-OH is 1. The molecule has 20 heavy (non-hydrogen) atoms. The molecule has 0 atom stereocenters. The minimum Gasteiger partial charge on any atom is -0.478 e. The molecule has 0 bridgehead atoms. The molecule has 0 aliphatic heterocycles. The van der Waals surface area contributed by atoms with Crippen molar-refractivity contribution in [2.75, 3.05) is 6.61 Å². The van der Waals surface area contributed by atoms with Gasteiger partial charge in [0.2, 0.25) is 0 Å². The molecule has 106 valence electrons. The molecule has 0 saturated heterocycles. The number of rotatable bonds is 4. The zero-order valence-electron chi connectivity index (χ0n) is 11.6. The van der Waals surface area contributed by atoms with E-state index in [1.54, 1.807) is 18.2 Å². The zero-order chi connectivity index (χ0) is 14.5. The van der Waals surface area contributed by atoms with Gasteiger partial charge in [0.25, 0.3) is 0 Å². The van der Waals surface area contributed by atoms with Gasteiger partial charge in [-0.1, -0.05) is 13.8 Å². The Hall–Kier alpha value is -1.88. The molecule has 1 heterocycles. The maximum Gasteiger partial charge on any atom is 0.335 e. The molecule has 1 aromatic carbocycles. The lowest BCUT2D eigenvalue weighted by atomic mass is 10.1. The van der Waals surface area contributed by atoms with E-state index < -0.39 is 5.97 Å². The number of aromatic nitrogens is 2. The maximum atomic E-state index is 11.1. The lowest BCUT2D eigenvalue weighted by Gasteiger charge is -2.20. The summed E-state index contributed by atoms with van der Waals surface area (Å²) in [4.78, 5) is 15.7. The van der Waals surface area contributed by atoms with Crippen LogP contribution in [0.5, 0.6) is 0 Å². The van der Waals surface area contributed by atoms with Crippen LogP contribution >= 0.6 is 0 Å². The number of imidazole rings is 1. The SMILES string of the molecule is CC(C)c1nc2cc(C(=O)O)ccc2n1C1(CO)CC1. The second-order valence-electron chi connectivity index (χ2n) is 5.85. The van der Waals surface area contributed by atoms with Crippen LogP contribution in [0.2, 0.25) is 0 Å². The van der Waals surface area contributed by atoms with Crippen molar-refractivity contribution in [2.45, 2.75) is 38.1 Å². The van der Waals surface area contributed by atoms with E-state index in [9.17, 15) is 9.90 Å². The van der Waals surface area contributed by atoms with Crippen LogP contribution in [-0.2, 0) is 5.54 Å². The maximum absolute atomic E-state index is 11.1. The van der Waals surface area contributed by atoms with Crippen molar-refractivity contribution < 1.29 is 15.0 Å². The van der Waals surface area contributed by atoms with Crippen LogP contribution in [0.4, 0.5) is 0 Å². The third-order valence-corrected chi connectivity index (χ3v) is 4.04. The first-order valence-corrected chi connectivity index (χ1v) is 6.85. The van der Waals surface area contributed by atoms with Gasteiger partial charge in [0.05, 0.1) is 28.7 Å². The number of nitrogens with zero attached hydrogens (tertiary/aromatic N) is 2. The van der Waals surface area contributed by atoms with E-state index in [0.29, 0.717) is 5.52 Å². The predicted octanol–water partition coefficient (Wildman–Crippen LogP) is 2.34. The van der Waals surface area contributed by atoms with Crippen LogP contribution in [0, 0.1) is 0 Å². The summed E-state index contributed by atoms with van der Waals surface area (Å²) in [5, 5.41) is 18.8. The molecule has 1 fully saturated rings. The first kappa shape index (κ1) is 13.1. The highest BCUT2D eigenvalue weighted by atomic mass is 16.4. The van der Waals surface area contributed by atoms with Crippen molar-refractivity contribution in [3.8, 4) is 0 Å². The second kappa shape index (κ2) is 4.31. The highest BCUT2D eigenvalue weighted by Crippen LogP contribution is 2.46. The summed E-state index contributed by atoms with van der Waals surface area (Å²) in [7, 11) is 0. The number of benzene rings is 1. The molecule has 2 N–H and O–H groups in total. The monoisotopic (exact) mass is 274 g/mol.